The Labute approximate surface area is 111 Å². The van der Waals surface area contributed by atoms with E-state index in [0.717, 1.165) is 12.8 Å². The van der Waals surface area contributed by atoms with Crippen molar-refractivity contribution in [2.45, 2.75) is 18.9 Å². The third kappa shape index (κ3) is 2.52. The Hall–Kier alpha value is -2.11. The van der Waals surface area contributed by atoms with Crippen molar-refractivity contribution in [2.24, 2.45) is 0 Å². The molecule has 1 aromatic carbocycles. The van der Waals surface area contributed by atoms with E-state index in [1.165, 1.54) is 11.0 Å². The van der Waals surface area contributed by atoms with Crippen LogP contribution in [-0.2, 0) is 4.79 Å². The summed E-state index contributed by atoms with van der Waals surface area (Å²) >= 11 is 0. The molecule has 1 unspecified atom stereocenters. The van der Waals surface area contributed by atoms with E-state index in [2.05, 4.69) is 0 Å². The van der Waals surface area contributed by atoms with Crippen LogP contribution in [0.5, 0.6) is 0 Å². The predicted molar refractivity (Wildman–Crippen MR) is 72.2 cm³/mol. The molecule has 1 amide bonds. The molecule has 0 bridgehead atoms. The Balaban J connectivity index is 2.35. The second-order valence-corrected chi connectivity index (χ2v) is 4.83. The number of hydrogen-bond acceptors (Lipinski definition) is 4. The molecule has 1 saturated heterocycles. The fourth-order valence-corrected chi connectivity index (χ4v) is 2.47. The zero-order valence-corrected chi connectivity index (χ0v) is 11.1. The average Bonchev–Trinajstić information content (AvgIpc) is 2.86. The van der Waals surface area contributed by atoms with Crippen LogP contribution in [0.1, 0.15) is 12.8 Å². The van der Waals surface area contributed by atoms with Crippen LogP contribution in [0.2, 0.25) is 0 Å². The molecule has 0 saturated carbocycles. The smallest absolute Gasteiger partial charge is 0.292 e. The van der Waals surface area contributed by atoms with Crippen LogP contribution in [0.3, 0.4) is 0 Å². The lowest BCUT2D eigenvalue weighted by Gasteiger charge is -2.27. The fourth-order valence-electron chi connectivity index (χ4n) is 2.47. The molecule has 0 radical (unpaired) electrons. The number of nitro benzene ring substituents is 1. The van der Waals surface area contributed by atoms with Crippen LogP contribution in [-0.4, -0.2) is 42.4 Å². The molecule has 1 aliphatic rings. The molecule has 6 heteroatoms. The molecule has 0 spiro atoms. The van der Waals surface area contributed by atoms with Gasteiger partial charge in [-0.15, -0.1) is 0 Å². The third-order valence-electron chi connectivity index (χ3n) is 3.37. The van der Waals surface area contributed by atoms with E-state index in [1.807, 2.05) is 4.90 Å². The summed E-state index contributed by atoms with van der Waals surface area (Å²) in [5.74, 6) is -0.00403. The van der Waals surface area contributed by atoms with Gasteiger partial charge in [-0.3, -0.25) is 14.9 Å². The summed E-state index contributed by atoms with van der Waals surface area (Å²) < 4.78 is 0. The lowest BCUT2D eigenvalue weighted by atomic mass is 10.1. The Morgan fingerprint density at radius 2 is 2.11 bits per heavy atom. The first kappa shape index (κ1) is 13.3. The minimum atomic E-state index is -0.398. The molecule has 0 aromatic heterocycles. The molecule has 102 valence electrons. The first-order chi connectivity index (χ1) is 9.02. The molecule has 2 rings (SSSR count). The van der Waals surface area contributed by atoms with Crippen molar-refractivity contribution in [3.05, 3.63) is 34.4 Å². The number of carbonyl (C=O) groups is 1. The summed E-state index contributed by atoms with van der Waals surface area (Å²) in [6.45, 7) is 0.676. The average molecular weight is 263 g/mol. The van der Waals surface area contributed by atoms with Gasteiger partial charge in [0.2, 0.25) is 5.91 Å². The number of likely N-dealkylation sites (N-methyl/N-ethyl adjacent to an activating group) is 1. The van der Waals surface area contributed by atoms with E-state index in [-0.39, 0.29) is 17.6 Å². The first-order valence-corrected chi connectivity index (χ1v) is 6.23. The number of rotatable bonds is 3. The van der Waals surface area contributed by atoms with Gasteiger partial charge in [-0.05, 0) is 18.9 Å². The van der Waals surface area contributed by atoms with Crippen LogP contribution in [0.4, 0.5) is 11.4 Å². The minimum absolute atomic E-state index is 0.00403. The summed E-state index contributed by atoms with van der Waals surface area (Å²) in [4.78, 5) is 26.2. The van der Waals surface area contributed by atoms with E-state index < -0.39 is 4.92 Å². The highest BCUT2D eigenvalue weighted by atomic mass is 16.6. The van der Waals surface area contributed by atoms with Gasteiger partial charge in [0.25, 0.3) is 5.69 Å². The molecule has 1 aliphatic heterocycles. The number of carbonyl (C=O) groups excluding carboxylic acids is 1. The second-order valence-electron chi connectivity index (χ2n) is 4.83. The number of para-hydroxylation sites is 2. The van der Waals surface area contributed by atoms with Crippen LogP contribution in [0.25, 0.3) is 0 Å². The van der Waals surface area contributed by atoms with Crippen molar-refractivity contribution < 1.29 is 9.72 Å². The van der Waals surface area contributed by atoms with Crippen LogP contribution in [0.15, 0.2) is 24.3 Å². The summed E-state index contributed by atoms with van der Waals surface area (Å²) in [6, 6.07) is 6.29. The number of anilines is 1. The van der Waals surface area contributed by atoms with E-state index >= 15 is 0 Å². The molecule has 0 aliphatic carbocycles. The second kappa shape index (κ2) is 5.26. The zero-order valence-electron chi connectivity index (χ0n) is 11.1. The van der Waals surface area contributed by atoms with Crippen LogP contribution >= 0.6 is 0 Å². The minimum Gasteiger partial charge on any atom is -0.354 e. The van der Waals surface area contributed by atoms with Crippen LogP contribution in [0, 0.1) is 10.1 Å². The SMILES string of the molecule is CN(C)C(=O)C1CCCN1c1ccccc1[N+](=O)[O-]. The van der Waals surface area contributed by atoms with Crippen molar-refractivity contribution in [1.82, 2.24) is 4.90 Å². The number of amides is 1. The molecular formula is C13H17N3O3. The number of benzene rings is 1. The van der Waals surface area contributed by atoms with E-state index in [9.17, 15) is 14.9 Å². The highest BCUT2D eigenvalue weighted by Gasteiger charge is 2.34. The standard InChI is InChI=1S/C13H17N3O3/c1-14(2)13(17)12-8-5-9-15(12)10-6-3-4-7-11(10)16(18)19/h3-4,6-7,12H,5,8-9H2,1-2H3. The molecular weight excluding hydrogens is 246 g/mol. The van der Waals surface area contributed by atoms with E-state index in [4.69, 9.17) is 0 Å². The van der Waals surface area contributed by atoms with Gasteiger partial charge in [0.05, 0.1) is 4.92 Å². The number of hydrogen-bond donors (Lipinski definition) is 0. The van der Waals surface area contributed by atoms with E-state index in [1.54, 1.807) is 32.3 Å². The molecule has 19 heavy (non-hydrogen) atoms. The van der Waals surface area contributed by atoms with Crippen molar-refractivity contribution in [2.75, 3.05) is 25.5 Å². The lowest BCUT2D eigenvalue weighted by molar-refractivity contribution is -0.384. The molecule has 1 heterocycles. The van der Waals surface area contributed by atoms with Gasteiger partial charge in [-0.25, -0.2) is 0 Å². The number of nitrogens with zero attached hydrogens (tertiary/aromatic N) is 3. The molecule has 1 fully saturated rings. The Morgan fingerprint density at radius 1 is 1.42 bits per heavy atom. The summed E-state index contributed by atoms with van der Waals surface area (Å²) in [7, 11) is 3.41. The maximum atomic E-state index is 12.1. The molecule has 6 nitrogen and oxygen atoms in total. The van der Waals surface area contributed by atoms with Gasteiger partial charge < -0.3 is 9.80 Å². The fraction of sp³-hybridized carbons (Fsp3) is 0.462. The van der Waals surface area contributed by atoms with Crippen LogP contribution < -0.4 is 4.90 Å². The summed E-state index contributed by atoms with van der Waals surface area (Å²) in [5.41, 5.74) is 0.589. The van der Waals surface area contributed by atoms with Gasteiger partial charge in [0.15, 0.2) is 0 Å². The Kier molecular flexibility index (Phi) is 3.69. The predicted octanol–water partition coefficient (Wildman–Crippen LogP) is 1.65. The molecule has 0 N–H and O–H groups in total. The maximum absolute atomic E-state index is 12.1. The molecule has 1 aromatic rings. The number of nitro groups is 1. The summed E-state index contributed by atoms with van der Waals surface area (Å²) in [5, 5.41) is 11.1. The normalized spacial score (nSPS) is 18.4. The quantitative estimate of drug-likeness (QED) is 0.614. The van der Waals surface area contributed by atoms with Crippen molar-refractivity contribution in [1.29, 1.82) is 0 Å². The lowest BCUT2D eigenvalue weighted by Crippen LogP contribution is -2.42. The highest BCUT2D eigenvalue weighted by molar-refractivity contribution is 5.86. The van der Waals surface area contributed by atoms with Crippen molar-refractivity contribution in [3.8, 4) is 0 Å². The van der Waals surface area contributed by atoms with Gasteiger partial charge in [-0.2, -0.15) is 0 Å². The van der Waals surface area contributed by atoms with Gasteiger partial charge in [-0.1, -0.05) is 12.1 Å². The first-order valence-electron chi connectivity index (χ1n) is 6.23. The largest absolute Gasteiger partial charge is 0.354 e. The Bertz CT molecular complexity index is 502. The van der Waals surface area contributed by atoms with Gasteiger partial charge in [0, 0.05) is 26.7 Å². The van der Waals surface area contributed by atoms with Gasteiger partial charge >= 0.3 is 0 Å². The summed E-state index contributed by atoms with van der Waals surface area (Å²) in [6.07, 6.45) is 1.61. The van der Waals surface area contributed by atoms with Crippen molar-refractivity contribution in [3.63, 3.8) is 0 Å². The van der Waals surface area contributed by atoms with E-state index in [0.29, 0.717) is 12.2 Å². The highest BCUT2D eigenvalue weighted by Crippen LogP contribution is 2.33. The molecule has 1 atom stereocenters. The zero-order chi connectivity index (χ0) is 14.0. The topological polar surface area (TPSA) is 66.7 Å². The maximum Gasteiger partial charge on any atom is 0.292 e. The Morgan fingerprint density at radius 3 is 2.74 bits per heavy atom. The monoisotopic (exact) mass is 263 g/mol. The van der Waals surface area contributed by atoms with Gasteiger partial charge in [0.1, 0.15) is 11.7 Å². The van der Waals surface area contributed by atoms with Crippen molar-refractivity contribution >= 4 is 17.3 Å². The third-order valence-corrected chi connectivity index (χ3v) is 3.37.